The molecule has 178 valence electrons. The van der Waals surface area contributed by atoms with E-state index in [0.29, 0.717) is 0 Å². The van der Waals surface area contributed by atoms with E-state index >= 15 is 0 Å². The Balaban J connectivity index is 0.000000307. The summed E-state index contributed by atoms with van der Waals surface area (Å²) >= 11 is 0. The van der Waals surface area contributed by atoms with Crippen LogP contribution in [0.25, 0.3) is 0 Å². The topological polar surface area (TPSA) is 49.8 Å². The minimum absolute atomic E-state index is 0.162. The molecule has 1 heterocycles. The predicted molar refractivity (Wildman–Crippen MR) is 107 cm³/mol. The van der Waals surface area contributed by atoms with E-state index in [0.717, 1.165) is 44.3 Å². The highest BCUT2D eigenvalue weighted by atomic mass is 19.4. The van der Waals surface area contributed by atoms with Gasteiger partial charge in [-0.05, 0) is 43.6 Å². The third-order valence-electron chi connectivity index (χ3n) is 4.11. The van der Waals surface area contributed by atoms with Crippen LogP contribution in [0.5, 0.6) is 5.75 Å². The molecule has 0 spiro atoms. The first kappa shape index (κ1) is 27.3. The number of benzene rings is 2. The van der Waals surface area contributed by atoms with E-state index in [1.54, 1.807) is 18.2 Å². The number of alkyl halides is 6. The Morgan fingerprint density at radius 1 is 0.906 bits per heavy atom. The van der Waals surface area contributed by atoms with Gasteiger partial charge in [-0.25, -0.2) is 0 Å². The Kier molecular flexibility index (Phi) is 11.0. The first-order chi connectivity index (χ1) is 14.9. The maximum absolute atomic E-state index is 12.0. The molecule has 0 aliphatic carbocycles. The number of nitrogens with zero attached hydrogens (tertiary/aromatic N) is 1. The van der Waals surface area contributed by atoms with Gasteiger partial charge in [0.15, 0.2) is 0 Å². The van der Waals surface area contributed by atoms with Gasteiger partial charge in [-0.15, -0.1) is 13.2 Å². The van der Waals surface area contributed by atoms with Crippen molar-refractivity contribution in [3.05, 3.63) is 65.7 Å². The monoisotopic (exact) mass is 465 g/mol. The summed E-state index contributed by atoms with van der Waals surface area (Å²) < 4.78 is 75.1. The van der Waals surface area contributed by atoms with Crippen LogP contribution in [0.4, 0.5) is 26.3 Å². The zero-order valence-corrected chi connectivity index (χ0v) is 17.4. The molecule has 10 heteroatoms. The molecule has 1 saturated heterocycles. The number of carboxylic acid groups (broad SMARTS) is 1. The molecule has 0 aromatic heterocycles. The van der Waals surface area contributed by atoms with Crippen molar-refractivity contribution in [1.82, 2.24) is 4.90 Å². The minimum atomic E-state index is -4.62. The molecule has 0 amide bonds. The molecule has 0 radical (unpaired) electrons. The Bertz CT molecular complexity index is 782. The first-order valence-electron chi connectivity index (χ1n) is 9.75. The molecular formula is C22H25F6NO3. The molecule has 3 rings (SSSR count). The molecular weight excluding hydrogens is 440 g/mol. The number of hydrogen-bond acceptors (Lipinski definition) is 3. The van der Waals surface area contributed by atoms with Gasteiger partial charge in [-0.2, -0.15) is 13.2 Å². The Morgan fingerprint density at radius 3 is 1.81 bits per heavy atom. The fourth-order valence-electron chi connectivity index (χ4n) is 2.80. The fraction of sp³-hybridized carbons (Fsp3) is 0.409. The molecule has 32 heavy (non-hydrogen) atoms. The van der Waals surface area contributed by atoms with Crippen LogP contribution in [-0.4, -0.2) is 35.4 Å². The van der Waals surface area contributed by atoms with Crippen LogP contribution >= 0.6 is 0 Å². The van der Waals surface area contributed by atoms with Crippen molar-refractivity contribution in [2.75, 3.05) is 13.1 Å². The standard InChI is InChI=1S/C13H16F3NO.C7H5F3.C2H4O2/c14-13(15,16)18-12-6-4-11(5-7-12)10-17-8-2-1-3-9-17;8-7(9,10)6-4-2-1-3-5-6;1-2(3)4/h4-7H,1-3,8-10H2;1-5H;1H3,(H,3,4). The summed E-state index contributed by atoms with van der Waals surface area (Å²) in [6.07, 6.45) is -5.14. The van der Waals surface area contributed by atoms with E-state index in [9.17, 15) is 26.3 Å². The van der Waals surface area contributed by atoms with Crippen molar-refractivity contribution in [1.29, 1.82) is 0 Å². The molecule has 0 atom stereocenters. The highest BCUT2D eigenvalue weighted by Gasteiger charge is 2.31. The van der Waals surface area contributed by atoms with Gasteiger partial charge in [0.05, 0.1) is 5.56 Å². The number of carboxylic acids is 1. The zero-order valence-electron chi connectivity index (χ0n) is 17.4. The molecule has 1 fully saturated rings. The van der Waals surface area contributed by atoms with Gasteiger partial charge in [0.2, 0.25) is 0 Å². The van der Waals surface area contributed by atoms with Gasteiger partial charge < -0.3 is 9.84 Å². The number of ether oxygens (including phenoxy) is 1. The smallest absolute Gasteiger partial charge is 0.481 e. The molecule has 2 aromatic carbocycles. The lowest BCUT2D eigenvalue weighted by Gasteiger charge is -2.26. The predicted octanol–water partition coefficient (Wildman–Crippen LogP) is 6.37. The number of aliphatic carboxylic acids is 1. The minimum Gasteiger partial charge on any atom is -0.481 e. The van der Waals surface area contributed by atoms with Crippen molar-refractivity contribution >= 4 is 5.97 Å². The molecule has 1 N–H and O–H groups in total. The lowest BCUT2D eigenvalue weighted by atomic mass is 10.1. The molecule has 0 unspecified atom stereocenters. The highest BCUT2D eigenvalue weighted by Crippen LogP contribution is 2.28. The normalized spacial score (nSPS) is 14.3. The third kappa shape index (κ3) is 12.8. The van der Waals surface area contributed by atoms with Crippen LogP contribution in [-0.2, 0) is 17.5 Å². The Morgan fingerprint density at radius 2 is 1.41 bits per heavy atom. The summed E-state index contributed by atoms with van der Waals surface area (Å²) in [5, 5.41) is 7.42. The lowest BCUT2D eigenvalue weighted by Crippen LogP contribution is -2.29. The summed E-state index contributed by atoms with van der Waals surface area (Å²) in [7, 11) is 0. The summed E-state index contributed by atoms with van der Waals surface area (Å²) in [4.78, 5) is 11.3. The highest BCUT2D eigenvalue weighted by molar-refractivity contribution is 5.62. The maximum Gasteiger partial charge on any atom is 0.573 e. The largest absolute Gasteiger partial charge is 0.573 e. The molecule has 0 saturated carbocycles. The summed E-state index contributed by atoms with van der Waals surface area (Å²) in [6.45, 7) is 4.02. The summed E-state index contributed by atoms with van der Waals surface area (Å²) in [5.74, 6) is -0.995. The van der Waals surface area contributed by atoms with E-state index in [1.165, 1.54) is 43.5 Å². The Hall–Kier alpha value is -2.75. The number of hydrogen-bond donors (Lipinski definition) is 1. The van der Waals surface area contributed by atoms with Gasteiger partial charge in [0.1, 0.15) is 5.75 Å². The summed E-state index contributed by atoms with van der Waals surface area (Å²) in [6, 6.07) is 12.5. The molecule has 4 nitrogen and oxygen atoms in total. The summed E-state index contributed by atoms with van der Waals surface area (Å²) in [5.41, 5.74) is 0.418. The van der Waals surface area contributed by atoms with Crippen LogP contribution in [0, 0.1) is 0 Å². The number of halogens is 6. The number of rotatable bonds is 3. The van der Waals surface area contributed by atoms with Crippen molar-refractivity contribution in [3.8, 4) is 5.75 Å². The fourth-order valence-corrected chi connectivity index (χ4v) is 2.80. The lowest BCUT2D eigenvalue weighted by molar-refractivity contribution is -0.274. The molecule has 0 bridgehead atoms. The van der Waals surface area contributed by atoms with Crippen LogP contribution in [0.3, 0.4) is 0 Å². The second-order valence-electron chi connectivity index (χ2n) is 6.91. The van der Waals surface area contributed by atoms with Gasteiger partial charge in [-0.1, -0.05) is 48.9 Å². The van der Waals surface area contributed by atoms with Crippen LogP contribution in [0.15, 0.2) is 54.6 Å². The van der Waals surface area contributed by atoms with Crippen molar-refractivity contribution in [3.63, 3.8) is 0 Å². The molecule has 1 aliphatic heterocycles. The van der Waals surface area contributed by atoms with Crippen molar-refractivity contribution < 1.29 is 41.0 Å². The average molecular weight is 465 g/mol. The Labute approximate surface area is 182 Å². The quantitative estimate of drug-likeness (QED) is 0.536. The zero-order chi connectivity index (χ0) is 24.2. The molecule has 1 aliphatic rings. The van der Waals surface area contributed by atoms with E-state index in [2.05, 4.69) is 9.64 Å². The van der Waals surface area contributed by atoms with Crippen LogP contribution in [0.1, 0.15) is 37.3 Å². The van der Waals surface area contributed by atoms with Gasteiger partial charge in [-0.3, -0.25) is 9.69 Å². The number of carbonyl (C=O) groups is 1. The van der Waals surface area contributed by atoms with Gasteiger partial charge in [0, 0.05) is 13.5 Å². The van der Waals surface area contributed by atoms with Crippen molar-refractivity contribution in [2.45, 2.75) is 45.3 Å². The van der Waals surface area contributed by atoms with Crippen LogP contribution < -0.4 is 4.74 Å². The molecule has 2 aromatic rings. The van der Waals surface area contributed by atoms with E-state index in [1.807, 2.05) is 0 Å². The second kappa shape index (κ2) is 12.9. The number of piperidine rings is 1. The number of likely N-dealkylation sites (tertiary alicyclic amines) is 1. The first-order valence-corrected chi connectivity index (χ1v) is 9.75. The SMILES string of the molecule is CC(=O)O.FC(F)(F)Oc1ccc(CN2CCCCC2)cc1.FC(F)(F)c1ccccc1. The van der Waals surface area contributed by atoms with E-state index < -0.39 is 24.1 Å². The van der Waals surface area contributed by atoms with Crippen LogP contribution in [0.2, 0.25) is 0 Å². The van der Waals surface area contributed by atoms with E-state index in [-0.39, 0.29) is 5.75 Å². The third-order valence-corrected chi connectivity index (χ3v) is 4.11. The van der Waals surface area contributed by atoms with E-state index in [4.69, 9.17) is 9.90 Å². The second-order valence-corrected chi connectivity index (χ2v) is 6.91. The van der Waals surface area contributed by atoms with Gasteiger partial charge >= 0.3 is 12.5 Å². The average Bonchev–Trinajstić information content (AvgIpc) is 2.69. The van der Waals surface area contributed by atoms with Gasteiger partial charge in [0.25, 0.3) is 5.97 Å². The maximum atomic E-state index is 12.0. The van der Waals surface area contributed by atoms with Crippen molar-refractivity contribution in [2.24, 2.45) is 0 Å².